The molecule has 44 heavy (non-hydrogen) atoms. The zero-order valence-electron chi connectivity index (χ0n) is 24.7. The second-order valence-corrected chi connectivity index (χ2v) is 10.8. The molecule has 0 fully saturated rings. The number of benzene rings is 3. The van der Waals surface area contributed by atoms with Crippen LogP contribution >= 0.6 is 11.3 Å². The predicted octanol–water partition coefficient (Wildman–Crippen LogP) is 5.59. The molecule has 1 heterocycles. The Balaban J connectivity index is 1.69. The van der Waals surface area contributed by atoms with Crippen molar-refractivity contribution in [2.24, 2.45) is 0 Å². The number of carbonyl (C=O) groups is 2. The second kappa shape index (κ2) is 14.7. The molecule has 4 rings (SSSR count). The van der Waals surface area contributed by atoms with Crippen molar-refractivity contribution in [3.05, 3.63) is 126 Å². The number of amides is 2. The van der Waals surface area contributed by atoms with E-state index in [1.54, 1.807) is 54.6 Å². The highest BCUT2D eigenvalue weighted by molar-refractivity contribution is 7.15. The van der Waals surface area contributed by atoms with E-state index in [0.717, 1.165) is 16.7 Å². The predicted molar refractivity (Wildman–Crippen MR) is 174 cm³/mol. The van der Waals surface area contributed by atoms with Gasteiger partial charge in [0.05, 0.1) is 10.4 Å². The molecule has 2 N–H and O–H groups in total. The van der Waals surface area contributed by atoms with Crippen LogP contribution in [0.25, 0.3) is 0 Å². The zero-order chi connectivity index (χ0) is 31.6. The molecule has 0 radical (unpaired) electrons. The molecule has 0 unspecified atom stereocenters. The van der Waals surface area contributed by atoms with E-state index in [9.17, 15) is 25.2 Å². The molecule has 226 valence electrons. The van der Waals surface area contributed by atoms with Gasteiger partial charge in [-0.3, -0.25) is 9.59 Å². The van der Waals surface area contributed by atoms with Gasteiger partial charge in [0.1, 0.15) is 4.88 Å². The molecule has 4 aromatic rings. The summed E-state index contributed by atoms with van der Waals surface area (Å²) >= 11 is 1.17. The van der Waals surface area contributed by atoms with Crippen LogP contribution in [0.1, 0.15) is 62.4 Å². The Morgan fingerprint density at radius 2 is 1.09 bits per heavy atom. The van der Waals surface area contributed by atoms with Gasteiger partial charge < -0.3 is 26.3 Å². The molecule has 0 saturated heterocycles. The van der Waals surface area contributed by atoms with Crippen LogP contribution in [-0.4, -0.2) is 57.8 Å². The number of hydrogen-bond donors (Lipinski definition) is 2. The highest BCUT2D eigenvalue weighted by Crippen LogP contribution is 2.23. The Hall–Kier alpha value is -5.29. The van der Waals surface area contributed by atoms with E-state index in [1.807, 2.05) is 32.9 Å². The smallest absolute Gasteiger partial charge is 0.251 e. The van der Waals surface area contributed by atoms with Crippen LogP contribution in [0.15, 0.2) is 78.9 Å². The van der Waals surface area contributed by atoms with Gasteiger partial charge in [-0.05, 0) is 56.2 Å². The molecule has 0 aliphatic rings. The molecule has 0 atom stereocenters. The van der Waals surface area contributed by atoms with Gasteiger partial charge in [0.2, 0.25) is 17.1 Å². The summed E-state index contributed by atoms with van der Waals surface area (Å²) in [6.07, 6.45) is 4.89. The lowest BCUT2D eigenvalue weighted by atomic mass is 10.1. The molecule has 0 bridgehead atoms. The summed E-state index contributed by atoms with van der Waals surface area (Å²) in [7, 11) is 0. The van der Waals surface area contributed by atoms with E-state index in [-0.39, 0.29) is 17.5 Å². The van der Waals surface area contributed by atoms with Crippen molar-refractivity contribution < 1.29 is 23.8 Å². The van der Waals surface area contributed by atoms with Crippen LogP contribution in [-0.2, 0) is 6.42 Å². The van der Waals surface area contributed by atoms with Crippen molar-refractivity contribution in [1.29, 1.82) is 0 Å². The lowest BCUT2D eigenvalue weighted by Crippen LogP contribution is -2.22. The number of rotatable bonds is 11. The van der Waals surface area contributed by atoms with Gasteiger partial charge in [-0.1, -0.05) is 19.1 Å². The molecule has 1 aromatic heterocycles. The Labute approximate surface area is 259 Å². The van der Waals surface area contributed by atoms with Gasteiger partial charge in [-0.2, -0.15) is 14.2 Å². The first-order valence-electron chi connectivity index (χ1n) is 14.1. The monoisotopic (exact) mass is 611 g/mol. The maximum atomic E-state index is 13.1. The highest BCUT2D eigenvalue weighted by atomic mass is 32.1. The van der Waals surface area contributed by atoms with Gasteiger partial charge in [-0.15, -0.1) is 11.3 Å². The van der Waals surface area contributed by atoms with E-state index >= 15 is 0 Å². The SMILES string of the molecule is CCNC(=O)c1ccc(/[N+]([O-])=C/c2cc(/C=[N+](\[O-])c3ccc(C(=O)NCC)cc3)c(/C=[N+](\[O-])c3ccc(CC)cc3)s2)cc1. The minimum absolute atomic E-state index is 0.230. The Morgan fingerprint density at radius 1 is 0.659 bits per heavy atom. The molecule has 0 spiro atoms. The van der Waals surface area contributed by atoms with Crippen molar-refractivity contribution in [1.82, 2.24) is 10.6 Å². The van der Waals surface area contributed by atoms with E-state index in [4.69, 9.17) is 0 Å². The summed E-state index contributed by atoms with van der Waals surface area (Å²) < 4.78 is 2.02. The average molecular weight is 612 g/mol. The lowest BCUT2D eigenvalue weighted by Gasteiger charge is -2.05. The number of aryl methyl sites for hydroxylation is 1. The lowest BCUT2D eigenvalue weighted by molar-refractivity contribution is -0.355. The summed E-state index contributed by atoms with van der Waals surface area (Å²) in [5.41, 5.74) is 3.40. The fourth-order valence-electron chi connectivity index (χ4n) is 4.20. The number of thiophene rings is 1. The number of carbonyl (C=O) groups excluding carboxylic acids is 2. The third kappa shape index (κ3) is 7.96. The topological polar surface area (TPSA) is 136 Å². The van der Waals surface area contributed by atoms with Crippen LogP contribution < -0.4 is 10.6 Å². The minimum Gasteiger partial charge on any atom is -0.618 e. The van der Waals surface area contributed by atoms with Gasteiger partial charge in [0.25, 0.3) is 11.8 Å². The zero-order valence-corrected chi connectivity index (χ0v) is 25.5. The van der Waals surface area contributed by atoms with Gasteiger partial charge in [0.15, 0.2) is 18.6 Å². The molecular formula is C33H33N5O5S. The summed E-state index contributed by atoms with van der Waals surface area (Å²) in [6, 6.07) is 21.3. The van der Waals surface area contributed by atoms with Crippen molar-refractivity contribution in [2.45, 2.75) is 27.2 Å². The van der Waals surface area contributed by atoms with E-state index in [2.05, 4.69) is 10.6 Å². The first-order chi connectivity index (χ1) is 21.2. The molecule has 10 nitrogen and oxygen atoms in total. The molecule has 11 heteroatoms. The van der Waals surface area contributed by atoms with Crippen molar-refractivity contribution in [3.63, 3.8) is 0 Å². The molecule has 2 amide bonds. The summed E-state index contributed by atoms with van der Waals surface area (Å²) in [6.45, 7) is 6.65. The standard InChI is InChI=1S/C33H33N5O5S/c1-4-23-7-13-27(14-8-23)38(43)22-31-26(20-36(41)28-15-9-24(10-16-28)32(39)34-5-2)19-30(44-31)21-37(42)29-17-11-25(12-18-29)33(40)35-6-3/h7-22H,4-6H2,1-3H3,(H,34,39)(H,35,40)/b36-20-,37-21-,38-22-. The quantitative estimate of drug-likeness (QED) is 0.0986. The minimum atomic E-state index is -0.237. The Bertz CT molecular complexity index is 1710. The fourth-order valence-corrected chi connectivity index (χ4v) is 5.17. The molecule has 3 aromatic carbocycles. The van der Waals surface area contributed by atoms with Gasteiger partial charge in [0, 0.05) is 60.6 Å². The van der Waals surface area contributed by atoms with E-state index < -0.39 is 0 Å². The normalized spacial score (nSPS) is 12.2. The largest absolute Gasteiger partial charge is 0.618 e. The molecular weight excluding hydrogens is 578 g/mol. The van der Waals surface area contributed by atoms with Crippen molar-refractivity contribution in [2.75, 3.05) is 13.1 Å². The summed E-state index contributed by atoms with van der Waals surface area (Å²) in [5, 5.41) is 44.6. The van der Waals surface area contributed by atoms with E-state index in [0.29, 0.717) is 60.4 Å². The van der Waals surface area contributed by atoms with Crippen LogP contribution in [0, 0.1) is 15.6 Å². The van der Waals surface area contributed by atoms with Crippen LogP contribution in [0.4, 0.5) is 17.1 Å². The first-order valence-corrected chi connectivity index (χ1v) is 15.0. The van der Waals surface area contributed by atoms with Gasteiger partial charge >= 0.3 is 0 Å². The van der Waals surface area contributed by atoms with E-state index in [1.165, 1.54) is 42.1 Å². The van der Waals surface area contributed by atoms with Crippen LogP contribution in [0.2, 0.25) is 0 Å². The third-order valence-corrected chi connectivity index (χ3v) is 7.61. The fraction of sp³-hybridized carbons (Fsp3) is 0.182. The number of nitrogens with zero attached hydrogens (tertiary/aromatic N) is 3. The van der Waals surface area contributed by atoms with Gasteiger partial charge in [-0.25, -0.2) is 0 Å². The third-order valence-electron chi connectivity index (χ3n) is 6.59. The summed E-state index contributed by atoms with van der Waals surface area (Å²) in [4.78, 5) is 25.1. The number of nitrogens with one attached hydrogen (secondary N) is 2. The Morgan fingerprint density at radius 3 is 1.55 bits per heavy atom. The second-order valence-electron chi connectivity index (χ2n) is 9.67. The number of hydrogen-bond acceptors (Lipinski definition) is 6. The maximum absolute atomic E-state index is 13.1. The molecule has 0 aliphatic heterocycles. The first kappa shape index (κ1) is 31.6. The van der Waals surface area contributed by atoms with Crippen molar-refractivity contribution in [3.8, 4) is 0 Å². The highest BCUT2D eigenvalue weighted by Gasteiger charge is 2.16. The Kier molecular flexibility index (Phi) is 10.6. The van der Waals surface area contributed by atoms with Crippen LogP contribution in [0.3, 0.4) is 0 Å². The van der Waals surface area contributed by atoms with Crippen molar-refractivity contribution >= 4 is 58.9 Å². The molecule has 0 aliphatic carbocycles. The molecule has 0 saturated carbocycles. The average Bonchev–Trinajstić information content (AvgIpc) is 3.40. The van der Waals surface area contributed by atoms with Crippen LogP contribution in [0.5, 0.6) is 0 Å². The summed E-state index contributed by atoms with van der Waals surface area (Å²) in [5.74, 6) is -0.467. The maximum Gasteiger partial charge on any atom is 0.251 e.